The minimum Gasteiger partial charge on any atom is -0.490 e. The highest BCUT2D eigenvalue weighted by Crippen LogP contribution is 2.30. The molecule has 2 aromatic carbocycles. The first-order valence-electron chi connectivity index (χ1n) is 8.61. The molecule has 138 valence electrons. The van der Waals surface area contributed by atoms with Crippen LogP contribution in [0, 0.1) is 5.92 Å². The summed E-state index contributed by atoms with van der Waals surface area (Å²) in [6.45, 7) is 2.82. The summed E-state index contributed by atoms with van der Waals surface area (Å²) in [5.74, 6) is 6.35. The van der Waals surface area contributed by atoms with Crippen LogP contribution in [0.4, 0.5) is 0 Å². The van der Waals surface area contributed by atoms with Crippen LogP contribution < -0.4 is 31.6 Å². The van der Waals surface area contributed by atoms with Crippen molar-refractivity contribution in [2.45, 2.75) is 19.0 Å². The van der Waals surface area contributed by atoms with Crippen molar-refractivity contribution >= 4 is 5.91 Å². The Morgan fingerprint density at radius 3 is 2.46 bits per heavy atom. The van der Waals surface area contributed by atoms with Crippen molar-refractivity contribution in [2.75, 3.05) is 13.2 Å². The molecule has 5 N–H and O–H groups in total. The molecule has 3 rings (SSSR count). The Kier molecular flexibility index (Phi) is 6.06. The summed E-state index contributed by atoms with van der Waals surface area (Å²) in [5.41, 5.74) is 9.45. The largest absolute Gasteiger partial charge is 0.490 e. The van der Waals surface area contributed by atoms with E-state index < -0.39 is 0 Å². The first kappa shape index (κ1) is 18.2. The monoisotopic (exact) mass is 356 g/mol. The Hall–Kier alpha value is -2.61. The van der Waals surface area contributed by atoms with Gasteiger partial charge in [0.2, 0.25) is 5.91 Å². The SMILES string of the molecule is CC1NNC(c2cccc(OCCOc3ccccc3)c2)C1C(=O)NN. The van der Waals surface area contributed by atoms with Gasteiger partial charge in [0, 0.05) is 6.04 Å². The number of hydrazine groups is 2. The normalized spacial score (nSPS) is 22.0. The number of hydrogen-bond acceptors (Lipinski definition) is 6. The van der Waals surface area contributed by atoms with Crippen LogP contribution in [-0.2, 0) is 4.79 Å². The number of benzene rings is 2. The fourth-order valence-corrected chi connectivity index (χ4v) is 3.09. The first-order chi connectivity index (χ1) is 12.7. The molecule has 0 radical (unpaired) electrons. The molecule has 3 atom stereocenters. The molecule has 1 aliphatic rings. The maximum absolute atomic E-state index is 12.1. The van der Waals surface area contributed by atoms with Gasteiger partial charge in [0.05, 0.1) is 12.0 Å². The lowest BCUT2D eigenvalue weighted by Crippen LogP contribution is -2.41. The summed E-state index contributed by atoms with van der Waals surface area (Å²) in [7, 11) is 0. The summed E-state index contributed by atoms with van der Waals surface area (Å²) in [6, 6.07) is 17.1. The zero-order chi connectivity index (χ0) is 18.4. The summed E-state index contributed by atoms with van der Waals surface area (Å²) in [4.78, 5) is 12.1. The Balaban J connectivity index is 1.58. The number of amides is 1. The fraction of sp³-hybridized carbons (Fsp3) is 0.316. The van der Waals surface area contributed by atoms with Gasteiger partial charge in [-0.3, -0.25) is 15.6 Å². The van der Waals surface area contributed by atoms with Crippen LogP contribution in [0.2, 0.25) is 0 Å². The summed E-state index contributed by atoms with van der Waals surface area (Å²) < 4.78 is 11.4. The lowest BCUT2D eigenvalue weighted by atomic mass is 9.89. The number of rotatable bonds is 7. The quantitative estimate of drug-likeness (QED) is 0.258. The van der Waals surface area contributed by atoms with Gasteiger partial charge < -0.3 is 9.47 Å². The molecule has 3 unspecified atom stereocenters. The van der Waals surface area contributed by atoms with Crippen LogP contribution in [-0.4, -0.2) is 25.2 Å². The molecule has 1 aliphatic heterocycles. The molecule has 7 nitrogen and oxygen atoms in total. The highest BCUT2D eigenvalue weighted by Gasteiger charge is 2.39. The van der Waals surface area contributed by atoms with Crippen LogP contribution in [0.15, 0.2) is 54.6 Å². The zero-order valence-corrected chi connectivity index (χ0v) is 14.6. The number of carbonyl (C=O) groups is 1. The van der Waals surface area contributed by atoms with Gasteiger partial charge in [0.25, 0.3) is 0 Å². The third-order valence-corrected chi connectivity index (χ3v) is 4.39. The second-order valence-corrected chi connectivity index (χ2v) is 6.17. The van der Waals surface area contributed by atoms with Crippen LogP contribution in [0.25, 0.3) is 0 Å². The molecular weight excluding hydrogens is 332 g/mol. The highest BCUT2D eigenvalue weighted by molar-refractivity contribution is 5.80. The molecule has 1 heterocycles. The molecule has 26 heavy (non-hydrogen) atoms. The number of nitrogens with two attached hydrogens (primary N) is 1. The highest BCUT2D eigenvalue weighted by atomic mass is 16.5. The number of para-hydroxylation sites is 1. The molecule has 7 heteroatoms. The Bertz CT molecular complexity index is 726. The van der Waals surface area contributed by atoms with Crippen LogP contribution in [0.3, 0.4) is 0 Å². The molecule has 0 aromatic heterocycles. The van der Waals surface area contributed by atoms with E-state index in [2.05, 4.69) is 16.3 Å². The van der Waals surface area contributed by atoms with Crippen LogP contribution in [0.5, 0.6) is 11.5 Å². The second kappa shape index (κ2) is 8.66. The van der Waals surface area contributed by atoms with Gasteiger partial charge in [0.1, 0.15) is 24.7 Å². The molecule has 2 aromatic rings. The number of ether oxygens (including phenoxy) is 2. The van der Waals surface area contributed by atoms with Crippen molar-refractivity contribution < 1.29 is 14.3 Å². The minimum atomic E-state index is -0.309. The van der Waals surface area contributed by atoms with Crippen molar-refractivity contribution in [3.8, 4) is 11.5 Å². The first-order valence-corrected chi connectivity index (χ1v) is 8.61. The van der Waals surface area contributed by atoms with Gasteiger partial charge in [0.15, 0.2) is 0 Å². The topological polar surface area (TPSA) is 97.6 Å². The van der Waals surface area contributed by atoms with E-state index in [0.29, 0.717) is 13.2 Å². The van der Waals surface area contributed by atoms with Gasteiger partial charge in [-0.1, -0.05) is 30.3 Å². The lowest BCUT2D eigenvalue weighted by molar-refractivity contribution is -0.125. The summed E-state index contributed by atoms with van der Waals surface area (Å²) >= 11 is 0. The van der Waals surface area contributed by atoms with E-state index in [1.54, 1.807) is 0 Å². The summed E-state index contributed by atoms with van der Waals surface area (Å²) in [5, 5.41) is 0. The zero-order valence-electron chi connectivity index (χ0n) is 14.6. The third kappa shape index (κ3) is 4.32. The predicted octanol–water partition coefficient (Wildman–Crippen LogP) is 1.29. The number of nitrogens with one attached hydrogen (secondary N) is 3. The molecule has 1 amide bonds. The average Bonchev–Trinajstić information content (AvgIpc) is 3.07. The smallest absolute Gasteiger partial charge is 0.240 e. The van der Waals surface area contributed by atoms with E-state index in [4.69, 9.17) is 15.3 Å². The molecule has 1 saturated heterocycles. The lowest BCUT2D eigenvalue weighted by Gasteiger charge is -2.20. The van der Waals surface area contributed by atoms with E-state index in [9.17, 15) is 4.79 Å². The number of carbonyl (C=O) groups excluding carboxylic acids is 1. The van der Waals surface area contributed by atoms with Gasteiger partial charge in [-0.15, -0.1) is 0 Å². The minimum absolute atomic E-state index is 0.0348. The van der Waals surface area contributed by atoms with Crippen molar-refractivity contribution in [2.24, 2.45) is 11.8 Å². The van der Waals surface area contributed by atoms with Crippen molar-refractivity contribution in [1.82, 2.24) is 16.3 Å². The fourth-order valence-electron chi connectivity index (χ4n) is 3.09. The Labute approximate surface area is 152 Å². The Morgan fingerprint density at radius 1 is 1.04 bits per heavy atom. The van der Waals surface area contributed by atoms with E-state index >= 15 is 0 Å². The standard InChI is InChI=1S/C19H24N4O3/c1-13-17(19(24)21-20)18(23-22-13)14-6-5-9-16(12-14)26-11-10-25-15-7-3-2-4-8-15/h2-9,12-13,17-18,22-23H,10-11,20H2,1H3,(H,21,24). The van der Waals surface area contributed by atoms with Gasteiger partial charge in [-0.2, -0.15) is 0 Å². The van der Waals surface area contributed by atoms with Crippen LogP contribution >= 0.6 is 0 Å². The molecule has 0 spiro atoms. The van der Waals surface area contributed by atoms with Gasteiger partial charge in [-0.05, 0) is 36.8 Å². The summed E-state index contributed by atoms with van der Waals surface area (Å²) in [6.07, 6.45) is 0. The van der Waals surface area contributed by atoms with Crippen molar-refractivity contribution in [1.29, 1.82) is 0 Å². The molecule has 1 fully saturated rings. The molecule has 0 aliphatic carbocycles. The van der Waals surface area contributed by atoms with Crippen molar-refractivity contribution in [3.63, 3.8) is 0 Å². The molecular formula is C19H24N4O3. The maximum Gasteiger partial charge on any atom is 0.240 e. The van der Waals surface area contributed by atoms with E-state index in [0.717, 1.165) is 17.1 Å². The second-order valence-electron chi connectivity index (χ2n) is 6.17. The van der Waals surface area contributed by atoms with Crippen LogP contribution in [0.1, 0.15) is 18.5 Å². The predicted molar refractivity (Wildman–Crippen MR) is 98.2 cm³/mol. The van der Waals surface area contributed by atoms with E-state index in [1.807, 2.05) is 61.5 Å². The van der Waals surface area contributed by atoms with E-state index in [1.165, 1.54) is 0 Å². The molecule has 0 saturated carbocycles. The Morgan fingerprint density at radius 2 is 1.73 bits per heavy atom. The van der Waals surface area contributed by atoms with Gasteiger partial charge >= 0.3 is 0 Å². The number of hydrogen-bond donors (Lipinski definition) is 4. The average molecular weight is 356 g/mol. The van der Waals surface area contributed by atoms with E-state index in [-0.39, 0.29) is 23.9 Å². The van der Waals surface area contributed by atoms with Gasteiger partial charge in [-0.25, -0.2) is 11.3 Å². The molecule has 0 bridgehead atoms. The van der Waals surface area contributed by atoms with Crippen molar-refractivity contribution in [3.05, 3.63) is 60.2 Å². The maximum atomic E-state index is 12.1. The third-order valence-electron chi connectivity index (χ3n) is 4.39.